The van der Waals surface area contributed by atoms with Crippen LogP contribution in [0, 0.1) is 0 Å². The molecular weight excluding hydrogens is 184 g/mol. The summed E-state index contributed by atoms with van der Waals surface area (Å²) in [5.74, 6) is 0.363. The van der Waals surface area contributed by atoms with Crippen LogP contribution in [0.5, 0.6) is 0 Å². The van der Waals surface area contributed by atoms with Gasteiger partial charge in [0.15, 0.2) is 6.33 Å². The number of rotatable bonds is 5. The minimum Gasteiger partial charge on any atom is -0.354 e. The molecule has 0 aliphatic rings. The molecule has 0 aliphatic carbocycles. The van der Waals surface area contributed by atoms with E-state index in [-0.39, 0.29) is 5.91 Å². The minimum atomic E-state index is -0.433. The van der Waals surface area contributed by atoms with Gasteiger partial charge in [-0.1, -0.05) is 12.1 Å². The maximum absolute atomic E-state index is 11.2. The van der Waals surface area contributed by atoms with Gasteiger partial charge in [-0.25, -0.2) is 0 Å². The first-order valence-electron chi connectivity index (χ1n) is 4.53. The molecule has 0 fully saturated rings. The summed E-state index contributed by atoms with van der Waals surface area (Å²) in [5.41, 5.74) is 5.51. The number of hydrogen-bond donors (Lipinski definition) is 2. The van der Waals surface area contributed by atoms with Crippen LogP contribution >= 0.6 is 0 Å². The Bertz CT molecular complexity index is 273. The quantitative estimate of drug-likeness (QED) is 0.663. The molecule has 6 nitrogen and oxygen atoms in total. The topological polar surface area (TPSA) is 94.0 Å². The van der Waals surface area contributed by atoms with E-state index < -0.39 is 6.04 Å². The van der Waals surface area contributed by atoms with E-state index in [1.165, 1.54) is 6.33 Å². The zero-order chi connectivity index (χ0) is 10.4. The Balaban J connectivity index is 2.18. The predicted molar refractivity (Wildman–Crippen MR) is 49.3 cm³/mol. The fourth-order valence-electron chi connectivity index (χ4n) is 0.915. The maximum Gasteiger partial charge on any atom is 0.236 e. The fourth-order valence-corrected chi connectivity index (χ4v) is 0.915. The molecule has 6 heteroatoms. The Morgan fingerprint density at radius 2 is 2.57 bits per heavy atom. The van der Waals surface area contributed by atoms with Crippen molar-refractivity contribution in [1.29, 1.82) is 0 Å². The van der Waals surface area contributed by atoms with Crippen LogP contribution in [0.4, 0.5) is 0 Å². The molecule has 3 N–H and O–H groups in total. The molecule has 78 valence electrons. The number of hydrogen-bond acceptors (Lipinski definition) is 5. The highest BCUT2D eigenvalue weighted by molar-refractivity contribution is 5.81. The third-order valence-corrected chi connectivity index (χ3v) is 1.82. The average molecular weight is 198 g/mol. The van der Waals surface area contributed by atoms with E-state index in [1.54, 1.807) is 0 Å². The van der Waals surface area contributed by atoms with Gasteiger partial charge in [-0.2, -0.15) is 4.98 Å². The zero-order valence-electron chi connectivity index (χ0n) is 8.06. The van der Waals surface area contributed by atoms with Crippen LogP contribution in [0.25, 0.3) is 0 Å². The molecule has 0 unspecified atom stereocenters. The first kappa shape index (κ1) is 10.6. The Kier molecular flexibility index (Phi) is 4.06. The van der Waals surface area contributed by atoms with Gasteiger partial charge in [0.05, 0.1) is 6.04 Å². The van der Waals surface area contributed by atoms with E-state index >= 15 is 0 Å². The summed E-state index contributed by atoms with van der Waals surface area (Å²) >= 11 is 0. The maximum atomic E-state index is 11.2. The smallest absolute Gasteiger partial charge is 0.236 e. The van der Waals surface area contributed by atoms with E-state index in [0.29, 0.717) is 25.3 Å². The fraction of sp³-hybridized carbons (Fsp3) is 0.625. The molecule has 1 heterocycles. The lowest BCUT2D eigenvalue weighted by molar-refractivity contribution is -0.122. The molecule has 0 saturated carbocycles. The Morgan fingerprint density at radius 1 is 1.79 bits per heavy atom. The third-order valence-electron chi connectivity index (χ3n) is 1.82. The highest BCUT2D eigenvalue weighted by atomic mass is 16.5. The molecule has 1 aromatic heterocycles. The summed E-state index contributed by atoms with van der Waals surface area (Å²) in [6.07, 6.45) is 2.49. The normalized spacial score (nSPS) is 12.4. The van der Waals surface area contributed by atoms with Gasteiger partial charge in [-0.3, -0.25) is 4.79 Å². The van der Waals surface area contributed by atoms with E-state index in [9.17, 15) is 4.79 Å². The van der Waals surface area contributed by atoms with Crippen molar-refractivity contribution in [2.24, 2.45) is 5.73 Å². The van der Waals surface area contributed by atoms with Crippen molar-refractivity contribution in [3.05, 3.63) is 12.2 Å². The molecule has 1 rings (SSSR count). The number of carbonyl (C=O) groups excluding carboxylic acids is 1. The molecule has 0 saturated heterocycles. The average Bonchev–Trinajstić information content (AvgIpc) is 2.69. The molecule has 1 amide bonds. The summed E-state index contributed by atoms with van der Waals surface area (Å²) in [6, 6.07) is -0.433. The first-order chi connectivity index (χ1) is 6.74. The summed E-state index contributed by atoms with van der Waals surface area (Å²) in [5, 5.41) is 6.13. The van der Waals surface area contributed by atoms with Crippen LogP contribution in [-0.4, -0.2) is 28.6 Å². The van der Waals surface area contributed by atoms with Crippen LogP contribution in [0.2, 0.25) is 0 Å². The monoisotopic (exact) mass is 198 g/mol. The molecule has 1 aromatic rings. The van der Waals surface area contributed by atoms with E-state index in [1.807, 2.05) is 6.92 Å². The third kappa shape index (κ3) is 3.14. The van der Waals surface area contributed by atoms with Crippen molar-refractivity contribution >= 4 is 5.91 Å². The molecule has 0 spiro atoms. The van der Waals surface area contributed by atoms with Gasteiger partial charge in [-0.05, 0) is 6.42 Å². The number of nitrogens with two attached hydrogens (primary N) is 1. The van der Waals surface area contributed by atoms with Gasteiger partial charge < -0.3 is 15.6 Å². The van der Waals surface area contributed by atoms with Gasteiger partial charge in [0.2, 0.25) is 11.8 Å². The van der Waals surface area contributed by atoms with Gasteiger partial charge in [0.1, 0.15) is 0 Å². The van der Waals surface area contributed by atoms with Crippen LogP contribution < -0.4 is 11.1 Å². The number of nitrogens with zero attached hydrogens (tertiary/aromatic N) is 2. The van der Waals surface area contributed by atoms with E-state index in [2.05, 4.69) is 15.5 Å². The molecular formula is C8H14N4O2. The van der Waals surface area contributed by atoms with Crippen molar-refractivity contribution in [3.8, 4) is 0 Å². The number of amides is 1. The Hall–Kier alpha value is -1.43. The highest BCUT2D eigenvalue weighted by Crippen LogP contribution is 1.91. The molecule has 0 aromatic carbocycles. The van der Waals surface area contributed by atoms with Gasteiger partial charge in [0.25, 0.3) is 0 Å². The van der Waals surface area contributed by atoms with Crippen molar-refractivity contribution in [2.45, 2.75) is 25.8 Å². The lowest BCUT2D eigenvalue weighted by atomic mass is 10.2. The van der Waals surface area contributed by atoms with Gasteiger partial charge in [-0.15, -0.1) is 0 Å². The van der Waals surface area contributed by atoms with Crippen LogP contribution in [0.15, 0.2) is 10.9 Å². The summed E-state index contributed by atoms with van der Waals surface area (Å²) in [7, 11) is 0. The standard InChI is InChI=1S/C8H14N4O2/c1-2-6(9)8(13)10-4-3-7-11-5-12-14-7/h5-6H,2-4,9H2,1H3,(H,10,13)/t6-/m1/s1. The SMILES string of the molecule is CC[C@@H](N)C(=O)NCCc1ncno1. The lowest BCUT2D eigenvalue weighted by Crippen LogP contribution is -2.40. The van der Waals surface area contributed by atoms with Crippen molar-refractivity contribution in [2.75, 3.05) is 6.54 Å². The van der Waals surface area contributed by atoms with Crippen molar-refractivity contribution < 1.29 is 9.32 Å². The number of carbonyl (C=O) groups is 1. The largest absolute Gasteiger partial charge is 0.354 e. The van der Waals surface area contributed by atoms with Crippen molar-refractivity contribution in [1.82, 2.24) is 15.5 Å². The Morgan fingerprint density at radius 3 is 3.14 bits per heavy atom. The summed E-state index contributed by atoms with van der Waals surface area (Å²) in [4.78, 5) is 15.0. The predicted octanol–water partition coefficient (Wildman–Crippen LogP) is -0.534. The van der Waals surface area contributed by atoms with Crippen LogP contribution in [-0.2, 0) is 11.2 Å². The summed E-state index contributed by atoms with van der Waals surface area (Å²) in [6.45, 7) is 2.33. The molecule has 14 heavy (non-hydrogen) atoms. The Labute approximate surface area is 81.9 Å². The minimum absolute atomic E-state index is 0.146. The molecule has 0 bridgehead atoms. The molecule has 0 radical (unpaired) electrons. The van der Waals surface area contributed by atoms with Gasteiger partial charge in [0, 0.05) is 13.0 Å². The first-order valence-corrected chi connectivity index (χ1v) is 4.53. The van der Waals surface area contributed by atoms with Gasteiger partial charge >= 0.3 is 0 Å². The van der Waals surface area contributed by atoms with Crippen molar-refractivity contribution in [3.63, 3.8) is 0 Å². The van der Waals surface area contributed by atoms with Crippen LogP contribution in [0.1, 0.15) is 19.2 Å². The highest BCUT2D eigenvalue weighted by Gasteiger charge is 2.09. The second kappa shape index (κ2) is 5.33. The zero-order valence-corrected chi connectivity index (χ0v) is 8.06. The van der Waals surface area contributed by atoms with E-state index in [4.69, 9.17) is 10.3 Å². The number of nitrogens with one attached hydrogen (secondary N) is 1. The second-order valence-electron chi connectivity index (χ2n) is 2.89. The van der Waals surface area contributed by atoms with E-state index in [0.717, 1.165) is 0 Å². The molecule has 1 atom stereocenters. The summed E-state index contributed by atoms with van der Waals surface area (Å²) < 4.78 is 4.76. The second-order valence-corrected chi connectivity index (χ2v) is 2.89. The lowest BCUT2D eigenvalue weighted by Gasteiger charge is -2.08. The number of aromatic nitrogens is 2. The molecule has 0 aliphatic heterocycles. The van der Waals surface area contributed by atoms with Crippen LogP contribution in [0.3, 0.4) is 0 Å².